The molecular formula is C17H16FN7O. The second-order valence-corrected chi connectivity index (χ2v) is 6.07. The molecule has 0 spiro atoms. The zero-order valence-electron chi connectivity index (χ0n) is 14.0. The average Bonchev–Trinajstić information content (AvgIpc) is 3.00. The molecule has 1 aliphatic rings. The number of rotatable bonds is 4. The summed E-state index contributed by atoms with van der Waals surface area (Å²) in [4.78, 5) is 12.5. The quantitative estimate of drug-likeness (QED) is 0.737. The van der Waals surface area contributed by atoms with Gasteiger partial charge in [-0.1, -0.05) is 0 Å². The third-order valence-corrected chi connectivity index (χ3v) is 4.37. The van der Waals surface area contributed by atoms with Crippen LogP contribution in [-0.4, -0.2) is 32.7 Å². The largest absolute Gasteiger partial charge is 0.486 e. The molecule has 0 saturated heterocycles. The lowest BCUT2D eigenvalue weighted by Gasteiger charge is -2.24. The fraction of sp³-hybridized carbons (Fsp3) is 0.294. The van der Waals surface area contributed by atoms with Crippen molar-refractivity contribution in [1.82, 2.24) is 19.5 Å². The van der Waals surface area contributed by atoms with E-state index in [1.54, 1.807) is 6.07 Å². The molecule has 1 unspecified atom stereocenters. The molecule has 2 aromatic heterocycles. The van der Waals surface area contributed by atoms with Crippen LogP contribution in [0.4, 0.5) is 16.0 Å². The SMILES string of the molecule is CC1COc2c(F)ccc3nc(CCNc4ncnc(N)c4C#N)n1c23. The van der Waals surface area contributed by atoms with Gasteiger partial charge in [0, 0.05) is 13.0 Å². The normalized spacial score (nSPS) is 15.5. The molecule has 1 aromatic carbocycles. The number of anilines is 2. The van der Waals surface area contributed by atoms with E-state index in [-0.39, 0.29) is 29.0 Å². The van der Waals surface area contributed by atoms with Gasteiger partial charge in [0.2, 0.25) is 0 Å². The lowest BCUT2D eigenvalue weighted by Crippen LogP contribution is -2.22. The van der Waals surface area contributed by atoms with E-state index in [4.69, 9.17) is 10.5 Å². The Kier molecular flexibility index (Phi) is 3.80. The molecule has 9 heteroatoms. The van der Waals surface area contributed by atoms with Gasteiger partial charge in [0.15, 0.2) is 11.6 Å². The van der Waals surface area contributed by atoms with Crippen molar-refractivity contribution >= 4 is 22.7 Å². The van der Waals surface area contributed by atoms with Gasteiger partial charge in [0.05, 0.1) is 11.6 Å². The minimum Gasteiger partial charge on any atom is -0.486 e. The molecule has 0 radical (unpaired) electrons. The molecule has 0 saturated carbocycles. The minimum atomic E-state index is -0.384. The van der Waals surface area contributed by atoms with Crippen LogP contribution >= 0.6 is 0 Å². The van der Waals surface area contributed by atoms with E-state index < -0.39 is 0 Å². The van der Waals surface area contributed by atoms with Gasteiger partial charge in [-0.2, -0.15) is 5.26 Å². The molecule has 3 heterocycles. The molecule has 1 atom stereocenters. The second kappa shape index (κ2) is 6.15. The van der Waals surface area contributed by atoms with Gasteiger partial charge >= 0.3 is 0 Å². The van der Waals surface area contributed by atoms with Crippen LogP contribution in [0.5, 0.6) is 5.75 Å². The zero-order chi connectivity index (χ0) is 18.3. The van der Waals surface area contributed by atoms with Crippen LogP contribution in [0.3, 0.4) is 0 Å². The van der Waals surface area contributed by atoms with E-state index in [0.717, 1.165) is 5.82 Å². The monoisotopic (exact) mass is 353 g/mol. The molecule has 3 N–H and O–H groups in total. The third-order valence-electron chi connectivity index (χ3n) is 4.37. The predicted octanol–water partition coefficient (Wildman–Crippen LogP) is 2.03. The second-order valence-electron chi connectivity index (χ2n) is 6.07. The molecule has 3 aromatic rings. The maximum absolute atomic E-state index is 14.0. The van der Waals surface area contributed by atoms with Crippen molar-refractivity contribution < 1.29 is 9.13 Å². The van der Waals surface area contributed by atoms with Gasteiger partial charge < -0.3 is 20.4 Å². The average molecular weight is 353 g/mol. The molecule has 0 aliphatic carbocycles. The molecular weight excluding hydrogens is 337 g/mol. The smallest absolute Gasteiger partial charge is 0.180 e. The number of aromatic nitrogens is 4. The summed E-state index contributed by atoms with van der Waals surface area (Å²) in [5.41, 5.74) is 7.29. The van der Waals surface area contributed by atoms with Crippen molar-refractivity contribution in [3.05, 3.63) is 35.7 Å². The van der Waals surface area contributed by atoms with Crippen LogP contribution in [0.15, 0.2) is 18.5 Å². The van der Waals surface area contributed by atoms with E-state index in [1.807, 2.05) is 17.6 Å². The van der Waals surface area contributed by atoms with E-state index in [0.29, 0.717) is 36.4 Å². The molecule has 8 nitrogen and oxygen atoms in total. The minimum absolute atomic E-state index is 0.0497. The number of hydrogen-bond acceptors (Lipinski definition) is 7. The topological polar surface area (TPSA) is 115 Å². The summed E-state index contributed by atoms with van der Waals surface area (Å²) in [5.74, 6) is 1.21. The molecule has 132 valence electrons. The van der Waals surface area contributed by atoms with Crippen molar-refractivity contribution in [2.24, 2.45) is 0 Å². The van der Waals surface area contributed by atoms with Crippen LogP contribution in [0, 0.1) is 17.1 Å². The van der Waals surface area contributed by atoms with Gasteiger partial charge in [0.25, 0.3) is 0 Å². The van der Waals surface area contributed by atoms with Gasteiger partial charge in [-0.15, -0.1) is 0 Å². The number of nitrogen functional groups attached to an aromatic ring is 1. The number of halogens is 1. The Balaban J connectivity index is 1.62. The first-order valence-corrected chi connectivity index (χ1v) is 8.16. The summed E-state index contributed by atoms with van der Waals surface area (Å²) in [6, 6.07) is 5.07. The summed E-state index contributed by atoms with van der Waals surface area (Å²) in [7, 11) is 0. The van der Waals surface area contributed by atoms with Crippen LogP contribution < -0.4 is 15.8 Å². The first-order valence-electron chi connectivity index (χ1n) is 8.16. The zero-order valence-corrected chi connectivity index (χ0v) is 14.0. The Hall–Kier alpha value is -3.41. The lowest BCUT2D eigenvalue weighted by atomic mass is 10.2. The number of nitrogens with two attached hydrogens (primary N) is 1. The number of imidazole rings is 1. The van der Waals surface area contributed by atoms with Crippen LogP contribution in [0.25, 0.3) is 11.0 Å². The van der Waals surface area contributed by atoms with Gasteiger partial charge in [-0.3, -0.25) is 0 Å². The highest BCUT2D eigenvalue weighted by Crippen LogP contribution is 2.36. The van der Waals surface area contributed by atoms with E-state index in [9.17, 15) is 9.65 Å². The molecule has 0 bridgehead atoms. The predicted molar refractivity (Wildman–Crippen MR) is 93.3 cm³/mol. The van der Waals surface area contributed by atoms with Crippen molar-refractivity contribution in [2.45, 2.75) is 19.4 Å². The molecule has 0 amide bonds. The third kappa shape index (κ3) is 2.47. The summed E-state index contributed by atoms with van der Waals surface area (Å²) in [6.45, 7) is 2.88. The Bertz CT molecular complexity index is 1040. The highest BCUT2D eigenvalue weighted by molar-refractivity contribution is 5.83. The fourth-order valence-corrected chi connectivity index (χ4v) is 3.18. The molecule has 26 heavy (non-hydrogen) atoms. The van der Waals surface area contributed by atoms with Crippen molar-refractivity contribution in [3.63, 3.8) is 0 Å². The Morgan fingerprint density at radius 1 is 1.46 bits per heavy atom. The fourth-order valence-electron chi connectivity index (χ4n) is 3.18. The van der Waals surface area contributed by atoms with Crippen molar-refractivity contribution in [2.75, 3.05) is 24.2 Å². The van der Waals surface area contributed by atoms with Crippen LogP contribution in [-0.2, 0) is 6.42 Å². The Morgan fingerprint density at radius 2 is 2.31 bits per heavy atom. The maximum atomic E-state index is 14.0. The number of hydrogen-bond donors (Lipinski definition) is 2. The molecule has 4 rings (SSSR count). The van der Waals surface area contributed by atoms with Gasteiger partial charge in [0.1, 0.15) is 47.5 Å². The summed E-state index contributed by atoms with van der Waals surface area (Å²) in [6.07, 6.45) is 1.87. The first kappa shape index (κ1) is 16.1. The van der Waals surface area contributed by atoms with Crippen LogP contribution in [0.2, 0.25) is 0 Å². The molecule has 1 aliphatic heterocycles. The van der Waals surface area contributed by atoms with Crippen molar-refractivity contribution in [3.8, 4) is 11.8 Å². The van der Waals surface area contributed by atoms with Gasteiger partial charge in [-0.05, 0) is 19.1 Å². The summed E-state index contributed by atoms with van der Waals surface area (Å²) in [5, 5.41) is 12.3. The van der Waals surface area contributed by atoms with E-state index >= 15 is 0 Å². The lowest BCUT2D eigenvalue weighted by molar-refractivity contribution is 0.235. The number of nitrogens with one attached hydrogen (secondary N) is 1. The Labute approximate surface area is 148 Å². The summed E-state index contributed by atoms with van der Waals surface area (Å²) < 4.78 is 21.6. The highest BCUT2D eigenvalue weighted by Gasteiger charge is 2.26. The first-order chi connectivity index (χ1) is 12.6. The van der Waals surface area contributed by atoms with Gasteiger partial charge in [-0.25, -0.2) is 19.3 Å². The van der Waals surface area contributed by atoms with E-state index in [2.05, 4.69) is 20.3 Å². The summed E-state index contributed by atoms with van der Waals surface area (Å²) >= 11 is 0. The molecule has 0 fully saturated rings. The Morgan fingerprint density at radius 3 is 3.12 bits per heavy atom. The van der Waals surface area contributed by atoms with E-state index in [1.165, 1.54) is 12.4 Å². The maximum Gasteiger partial charge on any atom is 0.180 e. The van der Waals surface area contributed by atoms with Crippen molar-refractivity contribution in [1.29, 1.82) is 5.26 Å². The number of benzene rings is 1. The number of nitriles is 1. The highest BCUT2D eigenvalue weighted by atomic mass is 19.1. The van der Waals surface area contributed by atoms with Crippen LogP contribution in [0.1, 0.15) is 24.4 Å². The number of ether oxygens (including phenoxy) is 1. The number of nitrogens with zero attached hydrogens (tertiary/aromatic N) is 5. The standard InChI is InChI=1S/C17H16FN7O/c1-9-7-26-15-11(18)2-3-12-14(15)25(9)13(24-12)4-5-21-17-10(6-19)16(20)22-8-23-17/h2-3,8-9H,4-5,7H2,1H3,(H3,20,21,22,23).